The summed E-state index contributed by atoms with van der Waals surface area (Å²) in [4.78, 5) is 0. The summed E-state index contributed by atoms with van der Waals surface area (Å²) < 4.78 is 18.7. The summed E-state index contributed by atoms with van der Waals surface area (Å²) in [7, 11) is 0. The van der Waals surface area contributed by atoms with E-state index in [-0.39, 0.29) is 46.4 Å². The summed E-state index contributed by atoms with van der Waals surface area (Å²) in [6.07, 6.45) is 1.57. The van der Waals surface area contributed by atoms with Gasteiger partial charge in [0.2, 0.25) is 0 Å². The lowest BCUT2D eigenvalue weighted by Gasteiger charge is -2.65. The molecule has 2 saturated heterocycles. The first kappa shape index (κ1) is 32.2. The highest BCUT2D eigenvalue weighted by molar-refractivity contribution is 5.33. The highest BCUT2D eigenvalue weighted by Crippen LogP contribution is 2.89. The van der Waals surface area contributed by atoms with Gasteiger partial charge in [0.15, 0.2) is 6.29 Å². The molecule has 2 aliphatic heterocycles. The second-order valence-electron chi connectivity index (χ2n) is 18.2. The van der Waals surface area contributed by atoms with E-state index in [1.54, 1.807) is 13.8 Å². The van der Waals surface area contributed by atoms with Crippen molar-refractivity contribution in [1.29, 1.82) is 0 Å². The first-order valence-electron chi connectivity index (χ1n) is 17.4. The van der Waals surface area contributed by atoms with E-state index in [1.165, 1.54) is 0 Å². The largest absolute Gasteiger partial charge is 0.393 e. The van der Waals surface area contributed by atoms with E-state index in [4.69, 9.17) is 14.2 Å². The molecule has 0 unspecified atom stereocenters. The van der Waals surface area contributed by atoms with Crippen molar-refractivity contribution in [3.63, 3.8) is 0 Å². The van der Waals surface area contributed by atoms with Crippen molar-refractivity contribution in [3.8, 4) is 0 Å². The van der Waals surface area contributed by atoms with Gasteiger partial charge in [-0.3, -0.25) is 0 Å². The zero-order valence-electron chi connectivity index (χ0n) is 27.8. The normalized spacial score (nSPS) is 59.8. The van der Waals surface area contributed by atoms with Gasteiger partial charge in [-0.25, -0.2) is 0 Å². The van der Waals surface area contributed by atoms with Gasteiger partial charge in [-0.05, 0) is 112 Å². The van der Waals surface area contributed by atoms with E-state index in [0.717, 1.165) is 51.4 Å². The maximum absolute atomic E-state index is 12.4. The van der Waals surface area contributed by atoms with Crippen molar-refractivity contribution in [2.24, 2.45) is 44.8 Å². The number of ether oxygens (including phenoxy) is 3. The van der Waals surface area contributed by atoms with Gasteiger partial charge in [0.25, 0.3) is 0 Å². The summed E-state index contributed by atoms with van der Waals surface area (Å²) >= 11 is 0. The molecule has 252 valence electrons. The molecule has 5 aliphatic carbocycles. The van der Waals surface area contributed by atoms with Gasteiger partial charge in [0.05, 0.1) is 42.2 Å². The highest BCUT2D eigenvalue weighted by atomic mass is 16.7. The SMILES string of the molecule is CC(C)(O)[C@@H]1CC[C@](C)([C@H]2[C@@H](O)C[C@@]3(C)[C@@H]4CC[C@H]5C(C)(C)[C@@H](O[C@@H]6OC[C@@H](O)[C@H](O)[C@H]6O)CC[C@@]56C[C@@]46C[C@H](O)[C@]23C)O1. The van der Waals surface area contributed by atoms with Crippen LogP contribution in [0, 0.1) is 44.8 Å². The molecule has 16 atom stereocenters. The molecule has 7 fully saturated rings. The van der Waals surface area contributed by atoms with E-state index in [2.05, 4.69) is 34.6 Å². The van der Waals surface area contributed by atoms with Gasteiger partial charge < -0.3 is 44.8 Å². The van der Waals surface area contributed by atoms with Crippen LogP contribution >= 0.6 is 0 Å². The first-order chi connectivity index (χ1) is 20.3. The van der Waals surface area contributed by atoms with Crippen molar-refractivity contribution in [2.45, 2.75) is 166 Å². The van der Waals surface area contributed by atoms with E-state index >= 15 is 0 Å². The number of aliphatic hydroxyl groups excluding tert-OH is 5. The maximum Gasteiger partial charge on any atom is 0.186 e. The molecule has 7 aliphatic rings. The van der Waals surface area contributed by atoms with Crippen LogP contribution in [0.4, 0.5) is 0 Å². The monoisotopic (exact) mass is 622 g/mol. The predicted molar refractivity (Wildman–Crippen MR) is 161 cm³/mol. The van der Waals surface area contributed by atoms with E-state index in [9.17, 15) is 30.6 Å². The molecular formula is C35H58O9. The Hall–Kier alpha value is -0.360. The Morgan fingerprint density at radius 2 is 1.45 bits per heavy atom. The number of aliphatic hydroxyl groups is 6. The van der Waals surface area contributed by atoms with Crippen LogP contribution < -0.4 is 0 Å². The summed E-state index contributed by atoms with van der Waals surface area (Å²) in [5, 5.41) is 65.7. The lowest BCUT2D eigenvalue weighted by Crippen LogP contribution is -2.64. The molecule has 44 heavy (non-hydrogen) atoms. The molecule has 7 rings (SSSR count). The van der Waals surface area contributed by atoms with Crippen molar-refractivity contribution < 1.29 is 44.8 Å². The van der Waals surface area contributed by atoms with Crippen LogP contribution in [0.3, 0.4) is 0 Å². The second kappa shape index (κ2) is 9.63. The maximum atomic E-state index is 12.4. The standard InChI is InChI=1S/C35H58O9/c1-29(2)20-8-9-21-31(5)14-18(36)27(32(6)12-10-24(44-32)30(3,4)41)33(31,7)22(38)15-35(21)17-34(20,35)13-11-23(29)43-28-26(40)25(39)19(37)16-42-28/h18-28,36-41H,8-17H2,1-7H3/t18-,19+,20-,21-,22-,23-,24-,25-,26+,27+,28-,31-,32+,33+,34+,35-/m0/s1. The predicted octanol–water partition coefficient (Wildman–Crippen LogP) is 2.90. The van der Waals surface area contributed by atoms with Crippen LogP contribution in [0.2, 0.25) is 0 Å². The van der Waals surface area contributed by atoms with Gasteiger partial charge in [-0.1, -0.05) is 27.7 Å². The third-order valence-electron chi connectivity index (χ3n) is 15.6. The molecule has 2 heterocycles. The van der Waals surface area contributed by atoms with Crippen LogP contribution in [0.25, 0.3) is 0 Å². The fourth-order valence-electron chi connectivity index (χ4n) is 13.4. The Kier molecular flexibility index (Phi) is 7.04. The van der Waals surface area contributed by atoms with E-state index < -0.39 is 53.4 Å². The summed E-state index contributed by atoms with van der Waals surface area (Å²) in [6.45, 7) is 14.7. The number of rotatable bonds is 4. The minimum atomic E-state index is -1.30. The molecule has 9 heteroatoms. The average molecular weight is 623 g/mol. The summed E-state index contributed by atoms with van der Waals surface area (Å²) in [6, 6.07) is 0. The lowest BCUT2D eigenvalue weighted by molar-refractivity contribution is -0.303. The first-order valence-corrected chi connectivity index (χ1v) is 17.4. The topological polar surface area (TPSA) is 149 Å². The third kappa shape index (κ3) is 3.91. The molecule has 5 saturated carbocycles. The minimum Gasteiger partial charge on any atom is -0.393 e. The Balaban J connectivity index is 1.15. The van der Waals surface area contributed by atoms with Gasteiger partial charge in [-0.15, -0.1) is 0 Å². The molecule has 2 spiro atoms. The average Bonchev–Trinajstić information content (AvgIpc) is 3.28. The van der Waals surface area contributed by atoms with Crippen molar-refractivity contribution in [3.05, 3.63) is 0 Å². The smallest absolute Gasteiger partial charge is 0.186 e. The number of hydrogen-bond donors (Lipinski definition) is 6. The lowest BCUT2D eigenvalue weighted by atomic mass is 9.41. The summed E-state index contributed by atoms with van der Waals surface area (Å²) in [5.41, 5.74) is -2.43. The molecule has 0 aromatic carbocycles. The van der Waals surface area contributed by atoms with E-state index in [1.807, 2.05) is 0 Å². The Morgan fingerprint density at radius 3 is 2.11 bits per heavy atom. The van der Waals surface area contributed by atoms with Gasteiger partial charge in [0.1, 0.15) is 18.3 Å². The molecule has 0 aromatic rings. The third-order valence-corrected chi connectivity index (χ3v) is 15.6. The Morgan fingerprint density at radius 1 is 0.773 bits per heavy atom. The molecule has 9 nitrogen and oxygen atoms in total. The molecule has 6 N–H and O–H groups in total. The van der Waals surface area contributed by atoms with Gasteiger partial charge >= 0.3 is 0 Å². The van der Waals surface area contributed by atoms with Crippen molar-refractivity contribution in [1.82, 2.24) is 0 Å². The van der Waals surface area contributed by atoms with Crippen LogP contribution in [0.5, 0.6) is 0 Å². The highest BCUT2D eigenvalue weighted by Gasteiger charge is 2.85. The van der Waals surface area contributed by atoms with Crippen LogP contribution in [-0.2, 0) is 14.2 Å². The van der Waals surface area contributed by atoms with Crippen LogP contribution in [0.15, 0.2) is 0 Å². The van der Waals surface area contributed by atoms with E-state index in [0.29, 0.717) is 18.3 Å². The zero-order chi connectivity index (χ0) is 32.0. The molecular weight excluding hydrogens is 564 g/mol. The van der Waals surface area contributed by atoms with Crippen LogP contribution in [-0.4, -0.2) is 97.5 Å². The Bertz CT molecular complexity index is 1160. The number of hydrogen-bond acceptors (Lipinski definition) is 9. The molecule has 0 aromatic heterocycles. The second-order valence-corrected chi connectivity index (χ2v) is 18.2. The van der Waals surface area contributed by atoms with Crippen molar-refractivity contribution in [2.75, 3.05) is 6.61 Å². The molecule has 0 amide bonds. The van der Waals surface area contributed by atoms with Crippen LogP contribution in [0.1, 0.15) is 106 Å². The molecule has 0 bridgehead atoms. The minimum absolute atomic E-state index is 0.0225. The number of fused-ring (bicyclic) bond motifs is 2. The fourth-order valence-corrected chi connectivity index (χ4v) is 13.4. The van der Waals surface area contributed by atoms with Gasteiger partial charge in [-0.2, -0.15) is 0 Å². The van der Waals surface area contributed by atoms with Crippen molar-refractivity contribution >= 4 is 0 Å². The quantitative estimate of drug-likeness (QED) is 0.260. The fraction of sp³-hybridized carbons (Fsp3) is 1.00. The Labute approximate surface area is 262 Å². The zero-order valence-corrected chi connectivity index (χ0v) is 27.8. The molecule has 0 radical (unpaired) electrons. The summed E-state index contributed by atoms with van der Waals surface area (Å²) in [5.74, 6) is 0.554. The van der Waals surface area contributed by atoms with Gasteiger partial charge in [0, 0.05) is 11.3 Å².